The normalized spacial score (nSPS) is 11.2. The minimum absolute atomic E-state index is 0.197. The van der Waals surface area contributed by atoms with Crippen molar-refractivity contribution in [3.05, 3.63) is 90.8 Å². The predicted molar refractivity (Wildman–Crippen MR) is 152 cm³/mol. The van der Waals surface area contributed by atoms with Gasteiger partial charge in [-0.1, -0.05) is 40.5 Å². The molecule has 8 nitrogen and oxygen atoms in total. The molecule has 0 spiro atoms. The molecule has 0 aliphatic rings. The lowest BCUT2D eigenvalue weighted by Crippen LogP contribution is -2.22. The summed E-state index contributed by atoms with van der Waals surface area (Å²) >= 11 is 6.92. The van der Waals surface area contributed by atoms with Crippen LogP contribution in [-0.4, -0.2) is 35.5 Å². The zero-order valence-corrected chi connectivity index (χ0v) is 23.6. The molecule has 0 bridgehead atoms. The lowest BCUT2D eigenvalue weighted by molar-refractivity contribution is -0.118. The molecular formula is C27H24Br2N4O4. The van der Waals surface area contributed by atoms with E-state index in [1.165, 1.54) is 11.8 Å². The van der Waals surface area contributed by atoms with Crippen LogP contribution in [0, 0.1) is 6.92 Å². The summed E-state index contributed by atoms with van der Waals surface area (Å²) in [6.07, 6.45) is 2.08. The standard InChI is InChI=1S/C27H24Br2N4O4/c1-4-25-32-22-10-7-18(28)12-20(22)27(35)33(25)30-14-17-11-23(36-3)24(13-21(17)29)37-15-26(34)31-19-8-5-16(2)6-9-19/h5-14H,4,15H2,1-3H3,(H,31,34). The summed E-state index contributed by atoms with van der Waals surface area (Å²) in [7, 11) is 1.51. The monoisotopic (exact) mass is 626 g/mol. The first-order chi connectivity index (χ1) is 17.8. The molecule has 0 atom stereocenters. The predicted octanol–water partition coefficient (Wildman–Crippen LogP) is 5.70. The number of fused-ring (bicyclic) bond motifs is 1. The molecule has 10 heteroatoms. The molecule has 0 radical (unpaired) electrons. The molecule has 1 aromatic heterocycles. The first kappa shape index (κ1) is 26.6. The fourth-order valence-corrected chi connectivity index (χ4v) is 4.35. The van der Waals surface area contributed by atoms with Gasteiger partial charge in [0.25, 0.3) is 11.5 Å². The van der Waals surface area contributed by atoms with Gasteiger partial charge in [0.1, 0.15) is 5.82 Å². The highest BCUT2D eigenvalue weighted by Crippen LogP contribution is 2.33. The van der Waals surface area contributed by atoms with Crippen molar-refractivity contribution in [1.82, 2.24) is 9.66 Å². The van der Waals surface area contributed by atoms with Crippen LogP contribution in [0.15, 0.2) is 73.4 Å². The van der Waals surface area contributed by atoms with E-state index in [2.05, 4.69) is 47.3 Å². The molecule has 4 aromatic rings. The highest BCUT2D eigenvalue weighted by molar-refractivity contribution is 9.10. The fraction of sp³-hybridized carbons (Fsp3) is 0.185. The van der Waals surface area contributed by atoms with Gasteiger partial charge in [-0.15, -0.1) is 0 Å². The Morgan fingerprint density at radius 1 is 1.11 bits per heavy atom. The minimum atomic E-state index is -0.297. The molecular weight excluding hydrogens is 604 g/mol. The van der Waals surface area contributed by atoms with Crippen molar-refractivity contribution < 1.29 is 14.3 Å². The molecule has 3 aromatic carbocycles. The maximum Gasteiger partial charge on any atom is 0.282 e. The fourth-order valence-electron chi connectivity index (χ4n) is 3.56. The highest BCUT2D eigenvalue weighted by Gasteiger charge is 2.13. The second kappa shape index (κ2) is 11.7. The summed E-state index contributed by atoms with van der Waals surface area (Å²) in [6, 6.07) is 16.3. The average Bonchev–Trinajstić information content (AvgIpc) is 2.89. The Morgan fingerprint density at radius 2 is 1.86 bits per heavy atom. The topological polar surface area (TPSA) is 94.8 Å². The number of amides is 1. The second-order valence-corrected chi connectivity index (χ2v) is 9.90. The maximum atomic E-state index is 13.1. The van der Waals surface area contributed by atoms with E-state index in [1.54, 1.807) is 30.5 Å². The summed E-state index contributed by atoms with van der Waals surface area (Å²) in [5, 5.41) is 7.69. The van der Waals surface area contributed by atoms with E-state index in [1.807, 2.05) is 44.2 Å². The Labute approximate surface area is 230 Å². The molecule has 0 unspecified atom stereocenters. The van der Waals surface area contributed by atoms with Crippen molar-refractivity contribution in [3.8, 4) is 11.5 Å². The number of methoxy groups -OCH3 is 1. The molecule has 0 saturated carbocycles. The van der Waals surface area contributed by atoms with Crippen LogP contribution >= 0.6 is 31.9 Å². The Kier molecular flexibility index (Phi) is 8.40. The van der Waals surface area contributed by atoms with E-state index < -0.39 is 0 Å². The smallest absolute Gasteiger partial charge is 0.282 e. The Morgan fingerprint density at radius 3 is 2.57 bits per heavy atom. The van der Waals surface area contributed by atoms with Crippen LogP contribution in [0.3, 0.4) is 0 Å². The van der Waals surface area contributed by atoms with Crippen LogP contribution in [0.5, 0.6) is 11.5 Å². The lowest BCUT2D eigenvalue weighted by Gasteiger charge is -2.13. The Hall–Kier alpha value is -3.50. The van der Waals surface area contributed by atoms with Gasteiger partial charge >= 0.3 is 0 Å². The van der Waals surface area contributed by atoms with Crippen molar-refractivity contribution in [2.45, 2.75) is 20.3 Å². The summed E-state index contributed by atoms with van der Waals surface area (Å²) in [5.74, 6) is 1.04. The van der Waals surface area contributed by atoms with E-state index in [0.29, 0.717) is 50.4 Å². The molecule has 0 fully saturated rings. The van der Waals surface area contributed by atoms with Crippen molar-refractivity contribution in [2.75, 3.05) is 19.0 Å². The van der Waals surface area contributed by atoms with Crippen LogP contribution in [-0.2, 0) is 11.2 Å². The summed E-state index contributed by atoms with van der Waals surface area (Å²) in [4.78, 5) is 30.1. The van der Waals surface area contributed by atoms with Crippen LogP contribution in [0.25, 0.3) is 10.9 Å². The molecule has 0 saturated heterocycles. The Bertz CT molecular complexity index is 1550. The number of benzene rings is 3. The zero-order valence-electron chi connectivity index (χ0n) is 20.4. The van der Waals surface area contributed by atoms with Gasteiger partial charge in [-0.3, -0.25) is 9.59 Å². The minimum Gasteiger partial charge on any atom is -0.493 e. The van der Waals surface area contributed by atoms with Gasteiger partial charge in [0.15, 0.2) is 18.1 Å². The van der Waals surface area contributed by atoms with E-state index in [9.17, 15) is 9.59 Å². The number of ether oxygens (including phenoxy) is 2. The average molecular weight is 628 g/mol. The molecule has 190 valence electrons. The van der Waals surface area contributed by atoms with Gasteiger partial charge in [0.05, 0.1) is 24.2 Å². The molecule has 0 aliphatic carbocycles. The number of rotatable bonds is 8. The third-order valence-electron chi connectivity index (χ3n) is 5.48. The van der Waals surface area contributed by atoms with Gasteiger partial charge in [0.2, 0.25) is 0 Å². The van der Waals surface area contributed by atoms with Crippen LogP contribution in [0.1, 0.15) is 23.9 Å². The molecule has 1 heterocycles. The number of halogens is 2. The number of aromatic nitrogens is 2. The number of aryl methyl sites for hydroxylation is 2. The number of carbonyl (C=O) groups is 1. The quantitative estimate of drug-likeness (QED) is 0.253. The number of hydrogen-bond acceptors (Lipinski definition) is 6. The van der Waals surface area contributed by atoms with Crippen molar-refractivity contribution >= 4 is 60.6 Å². The summed E-state index contributed by atoms with van der Waals surface area (Å²) < 4.78 is 13.9. The van der Waals surface area contributed by atoms with Crippen molar-refractivity contribution in [3.63, 3.8) is 0 Å². The molecule has 1 amide bonds. The molecule has 37 heavy (non-hydrogen) atoms. The van der Waals surface area contributed by atoms with Gasteiger partial charge in [-0.05, 0) is 65.3 Å². The first-order valence-electron chi connectivity index (χ1n) is 11.4. The van der Waals surface area contributed by atoms with E-state index >= 15 is 0 Å². The van der Waals surface area contributed by atoms with E-state index in [4.69, 9.17) is 9.47 Å². The second-order valence-electron chi connectivity index (χ2n) is 8.13. The van der Waals surface area contributed by atoms with Gasteiger partial charge < -0.3 is 14.8 Å². The van der Waals surface area contributed by atoms with Crippen LogP contribution in [0.4, 0.5) is 5.69 Å². The van der Waals surface area contributed by atoms with Gasteiger partial charge in [0, 0.05) is 26.6 Å². The SMILES string of the molecule is CCc1nc2ccc(Br)cc2c(=O)n1N=Cc1cc(OC)c(OCC(=O)Nc2ccc(C)cc2)cc1Br. The number of nitrogens with zero attached hydrogens (tertiary/aromatic N) is 3. The third kappa shape index (κ3) is 6.26. The molecule has 0 aliphatic heterocycles. The first-order valence-corrected chi connectivity index (χ1v) is 13.0. The third-order valence-corrected chi connectivity index (χ3v) is 6.66. The number of nitrogens with one attached hydrogen (secondary N) is 1. The summed E-state index contributed by atoms with van der Waals surface area (Å²) in [6.45, 7) is 3.70. The Balaban J connectivity index is 1.56. The summed E-state index contributed by atoms with van der Waals surface area (Å²) in [5.41, 5.74) is 2.80. The number of carbonyl (C=O) groups excluding carboxylic acids is 1. The van der Waals surface area contributed by atoms with E-state index in [-0.39, 0.29) is 18.1 Å². The molecule has 1 N–H and O–H groups in total. The van der Waals surface area contributed by atoms with E-state index in [0.717, 1.165) is 10.0 Å². The van der Waals surface area contributed by atoms with Crippen LogP contribution in [0.2, 0.25) is 0 Å². The van der Waals surface area contributed by atoms with Crippen molar-refractivity contribution in [1.29, 1.82) is 0 Å². The number of anilines is 1. The molecule has 4 rings (SSSR count). The zero-order chi connectivity index (χ0) is 26.5. The maximum absolute atomic E-state index is 13.1. The van der Waals surface area contributed by atoms with Crippen LogP contribution < -0.4 is 20.3 Å². The van der Waals surface area contributed by atoms with Gasteiger partial charge in [-0.2, -0.15) is 9.78 Å². The lowest BCUT2D eigenvalue weighted by atomic mass is 10.2. The number of hydrogen-bond donors (Lipinski definition) is 1. The van der Waals surface area contributed by atoms with Gasteiger partial charge in [-0.25, -0.2) is 4.98 Å². The largest absolute Gasteiger partial charge is 0.493 e. The highest BCUT2D eigenvalue weighted by atomic mass is 79.9. The van der Waals surface area contributed by atoms with Crippen molar-refractivity contribution in [2.24, 2.45) is 5.10 Å².